The van der Waals surface area contributed by atoms with Crippen molar-refractivity contribution in [3.8, 4) is 0 Å². The first-order valence-corrected chi connectivity index (χ1v) is 13.5. The summed E-state index contributed by atoms with van der Waals surface area (Å²) >= 11 is 7.75. The average molecular weight is 580 g/mol. The van der Waals surface area contributed by atoms with Gasteiger partial charge in [0.1, 0.15) is 28.2 Å². The second kappa shape index (κ2) is 11.8. The van der Waals surface area contributed by atoms with E-state index in [0.29, 0.717) is 21.7 Å². The number of carbonyl (C=O) groups excluding carboxylic acids is 3. The summed E-state index contributed by atoms with van der Waals surface area (Å²) in [6.07, 6.45) is 0.304. The van der Waals surface area contributed by atoms with Gasteiger partial charge in [0.25, 0.3) is 0 Å². The van der Waals surface area contributed by atoms with Crippen LogP contribution >= 0.6 is 22.9 Å². The van der Waals surface area contributed by atoms with E-state index in [-0.39, 0.29) is 18.1 Å². The van der Waals surface area contributed by atoms with Crippen LogP contribution in [0.1, 0.15) is 57.7 Å². The minimum absolute atomic E-state index is 0.0919. The summed E-state index contributed by atoms with van der Waals surface area (Å²) in [4.78, 5) is 45.0. The predicted octanol–water partition coefficient (Wildman–Crippen LogP) is 6.40. The number of hydrogen-bond acceptors (Lipinski definition) is 9. The summed E-state index contributed by atoms with van der Waals surface area (Å²) in [6.45, 7) is 12.5. The highest BCUT2D eigenvalue weighted by atomic mass is 35.5. The van der Waals surface area contributed by atoms with E-state index in [9.17, 15) is 14.4 Å². The molecule has 3 aromatic rings. The van der Waals surface area contributed by atoms with E-state index < -0.39 is 35.4 Å². The molecule has 1 atom stereocenters. The summed E-state index contributed by atoms with van der Waals surface area (Å²) in [5, 5.41) is 2.77. The zero-order chi connectivity index (χ0) is 29.1. The predicted molar refractivity (Wildman–Crippen MR) is 149 cm³/mol. The number of rotatable bonds is 7. The monoisotopic (exact) mass is 579 g/mol. The number of halogens is 1. The zero-order valence-corrected chi connectivity index (χ0v) is 24.9. The molecular formula is C27H34ClN3O7S. The van der Waals surface area contributed by atoms with Gasteiger partial charge in [-0.3, -0.25) is 4.90 Å². The van der Waals surface area contributed by atoms with Crippen LogP contribution < -0.4 is 10.2 Å². The number of nitrogens with one attached hydrogen (secondary N) is 1. The molecule has 1 N–H and O–H groups in total. The zero-order valence-electron chi connectivity index (χ0n) is 23.3. The molecule has 1 unspecified atom stereocenters. The molecule has 0 saturated heterocycles. The van der Waals surface area contributed by atoms with E-state index >= 15 is 0 Å². The van der Waals surface area contributed by atoms with E-state index in [1.54, 1.807) is 59.7 Å². The highest BCUT2D eigenvalue weighted by Crippen LogP contribution is 2.40. The number of alkyl carbamates (subject to hydrolysis) is 1. The van der Waals surface area contributed by atoms with Gasteiger partial charge in [0, 0.05) is 17.4 Å². The Morgan fingerprint density at radius 1 is 1.15 bits per heavy atom. The second-order valence-electron chi connectivity index (χ2n) is 10.9. The van der Waals surface area contributed by atoms with Crippen molar-refractivity contribution in [1.29, 1.82) is 0 Å². The summed E-state index contributed by atoms with van der Waals surface area (Å²) in [5.74, 6) is -0.0834. The first kappa shape index (κ1) is 30.2. The third-order valence-corrected chi connectivity index (χ3v) is 6.81. The van der Waals surface area contributed by atoms with E-state index in [4.69, 9.17) is 30.2 Å². The number of anilines is 1. The van der Waals surface area contributed by atoms with Crippen molar-refractivity contribution in [3.05, 3.63) is 45.8 Å². The molecule has 2 amide bonds. The van der Waals surface area contributed by atoms with Gasteiger partial charge in [0.05, 0.1) is 35.8 Å². The molecule has 0 saturated carbocycles. The molecule has 3 aromatic heterocycles. The lowest BCUT2D eigenvalue weighted by atomic mass is 10.1. The highest BCUT2D eigenvalue weighted by Gasteiger charge is 2.30. The number of aromatic nitrogens is 1. The first-order chi connectivity index (χ1) is 18.1. The molecule has 0 aliphatic heterocycles. The van der Waals surface area contributed by atoms with Crippen molar-refractivity contribution in [2.24, 2.45) is 0 Å². The molecule has 3 heterocycles. The molecule has 10 nitrogen and oxygen atoms in total. The maximum atomic E-state index is 13.4. The number of esters is 1. The maximum absolute atomic E-state index is 13.4. The number of nitrogens with zero attached hydrogens (tertiary/aromatic N) is 2. The normalized spacial score (nSPS) is 12.6. The Labute approximate surface area is 236 Å². The Bertz CT molecular complexity index is 1340. The fourth-order valence-corrected chi connectivity index (χ4v) is 5.17. The topological polar surface area (TPSA) is 120 Å². The largest absolute Gasteiger partial charge is 0.467 e. The summed E-state index contributed by atoms with van der Waals surface area (Å²) in [7, 11) is 1.25. The number of amides is 2. The lowest BCUT2D eigenvalue weighted by Crippen LogP contribution is -2.45. The molecule has 0 bridgehead atoms. The van der Waals surface area contributed by atoms with Gasteiger partial charge in [0.15, 0.2) is 0 Å². The van der Waals surface area contributed by atoms with E-state index in [2.05, 4.69) is 10.3 Å². The third-order valence-electron chi connectivity index (χ3n) is 5.29. The third kappa shape index (κ3) is 8.09. The molecule has 0 aromatic carbocycles. The fraction of sp³-hybridized carbons (Fsp3) is 0.481. The van der Waals surface area contributed by atoms with Crippen LogP contribution in [0.2, 0.25) is 5.15 Å². The number of ether oxygens (including phenoxy) is 3. The quantitative estimate of drug-likeness (QED) is 0.194. The number of carbonyl (C=O) groups is 3. The molecule has 12 heteroatoms. The standard InChI is InChI=1S/C27H34ClN3O7S/c1-15-19(12-17(23(32)35-8)29-24(33)37-26(2,3)4)39-22-18(13-20(28)30-21(15)22)31(14-16-10-9-11-36-16)25(34)38-27(5,6)7/h9-11,13,17H,12,14H2,1-8H3,(H,29,33). The van der Waals surface area contributed by atoms with Gasteiger partial charge >= 0.3 is 18.2 Å². The molecule has 3 rings (SSSR count). The van der Waals surface area contributed by atoms with Crippen molar-refractivity contribution < 1.29 is 33.0 Å². The molecule has 39 heavy (non-hydrogen) atoms. The highest BCUT2D eigenvalue weighted by molar-refractivity contribution is 7.20. The smallest absolute Gasteiger partial charge is 0.415 e. The number of thiophene rings is 1. The van der Waals surface area contributed by atoms with Crippen LogP contribution in [-0.2, 0) is 32.0 Å². The van der Waals surface area contributed by atoms with Crippen LogP contribution in [0, 0.1) is 6.92 Å². The minimum Gasteiger partial charge on any atom is -0.467 e. The van der Waals surface area contributed by atoms with Crippen LogP contribution in [0.25, 0.3) is 10.2 Å². The van der Waals surface area contributed by atoms with Crippen LogP contribution in [0.3, 0.4) is 0 Å². The number of pyridine rings is 1. The van der Waals surface area contributed by atoms with Gasteiger partial charge in [-0.2, -0.15) is 0 Å². The number of hydrogen-bond donors (Lipinski definition) is 1. The molecule has 212 valence electrons. The average Bonchev–Trinajstić information content (AvgIpc) is 3.42. The van der Waals surface area contributed by atoms with Gasteiger partial charge < -0.3 is 23.9 Å². The van der Waals surface area contributed by atoms with Crippen LogP contribution in [-0.4, -0.2) is 47.5 Å². The van der Waals surface area contributed by atoms with Gasteiger partial charge in [-0.25, -0.2) is 19.4 Å². The van der Waals surface area contributed by atoms with Crippen LogP contribution in [0.4, 0.5) is 15.3 Å². The summed E-state index contributed by atoms with van der Waals surface area (Å²) in [6, 6.07) is 4.06. The number of fused-ring (bicyclic) bond motifs is 1. The Kier molecular flexibility index (Phi) is 9.17. The number of aryl methyl sites for hydroxylation is 1. The number of methoxy groups -OCH3 is 1. The number of furan rings is 1. The van der Waals surface area contributed by atoms with Crippen LogP contribution in [0.5, 0.6) is 0 Å². The van der Waals surface area contributed by atoms with Crippen molar-refractivity contribution in [2.45, 2.75) is 78.7 Å². The summed E-state index contributed by atoms with van der Waals surface area (Å²) in [5.41, 5.74) is 0.302. The van der Waals surface area contributed by atoms with Crippen molar-refractivity contribution >= 4 is 57.0 Å². The van der Waals surface area contributed by atoms with Gasteiger partial charge in [0.2, 0.25) is 0 Å². The van der Waals surface area contributed by atoms with Crippen LogP contribution in [0.15, 0.2) is 28.9 Å². The molecule has 0 radical (unpaired) electrons. The van der Waals surface area contributed by atoms with Crippen molar-refractivity contribution in [1.82, 2.24) is 10.3 Å². The van der Waals surface area contributed by atoms with Crippen molar-refractivity contribution in [3.63, 3.8) is 0 Å². The molecule has 0 aliphatic carbocycles. The second-order valence-corrected chi connectivity index (χ2v) is 12.4. The Morgan fingerprint density at radius 3 is 2.38 bits per heavy atom. The van der Waals surface area contributed by atoms with E-state index in [0.717, 1.165) is 10.4 Å². The SMILES string of the molecule is COC(=O)C(Cc1sc2c(N(Cc3ccco3)C(=O)OC(C)(C)C)cc(Cl)nc2c1C)NC(=O)OC(C)(C)C. The molecule has 0 fully saturated rings. The first-order valence-electron chi connectivity index (χ1n) is 12.3. The minimum atomic E-state index is -1.01. The Hall–Kier alpha value is -3.31. The molecule has 0 spiro atoms. The maximum Gasteiger partial charge on any atom is 0.415 e. The lowest BCUT2D eigenvalue weighted by Gasteiger charge is -2.27. The molecule has 0 aliphatic rings. The van der Waals surface area contributed by atoms with E-state index in [1.807, 2.05) is 6.92 Å². The van der Waals surface area contributed by atoms with Gasteiger partial charge in [-0.05, 0) is 66.2 Å². The Balaban J connectivity index is 2.05. The molecular weight excluding hydrogens is 546 g/mol. The van der Waals surface area contributed by atoms with Gasteiger partial charge in [-0.15, -0.1) is 11.3 Å². The Morgan fingerprint density at radius 2 is 1.82 bits per heavy atom. The summed E-state index contributed by atoms with van der Waals surface area (Å²) < 4.78 is 22.1. The van der Waals surface area contributed by atoms with Crippen molar-refractivity contribution in [2.75, 3.05) is 12.0 Å². The van der Waals surface area contributed by atoms with Gasteiger partial charge in [-0.1, -0.05) is 11.6 Å². The fourth-order valence-electron chi connectivity index (χ4n) is 3.67. The van der Waals surface area contributed by atoms with E-state index in [1.165, 1.54) is 29.6 Å². The lowest BCUT2D eigenvalue weighted by molar-refractivity contribution is -0.143.